The van der Waals surface area contributed by atoms with Crippen molar-refractivity contribution < 1.29 is 9.13 Å². The van der Waals surface area contributed by atoms with Gasteiger partial charge in [0.15, 0.2) is 0 Å². The van der Waals surface area contributed by atoms with Gasteiger partial charge in [0.05, 0.1) is 15.2 Å². The van der Waals surface area contributed by atoms with E-state index in [1.165, 1.54) is 23.5 Å². The second kappa shape index (κ2) is 5.84. The number of benzene rings is 2. The van der Waals surface area contributed by atoms with Gasteiger partial charge in [-0.05, 0) is 37.3 Å². The van der Waals surface area contributed by atoms with Gasteiger partial charge in [0.1, 0.15) is 17.1 Å². The minimum Gasteiger partial charge on any atom is -0.430 e. The Morgan fingerprint density at radius 1 is 1.08 bits per heavy atom. The molecule has 4 rings (SSSR count). The van der Waals surface area contributed by atoms with Crippen molar-refractivity contribution in [1.29, 1.82) is 0 Å². The van der Waals surface area contributed by atoms with Gasteiger partial charge in [-0.2, -0.15) is 0 Å². The van der Waals surface area contributed by atoms with E-state index in [0.717, 1.165) is 10.4 Å². The first-order chi connectivity index (χ1) is 11.5. The van der Waals surface area contributed by atoms with Gasteiger partial charge in [-0.1, -0.05) is 34.5 Å². The van der Waals surface area contributed by atoms with Crippen LogP contribution in [0, 0.1) is 12.7 Å². The zero-order valence-electron chi connectivity index (χ0n) is 12.3. The average molecular weight is 379 g/mol. The summed E-state index contributed by atoms with van der Waals surface area (Å²) in [7, 11) is 0. The summed E-state index contributed by atoms with van der Waals surface area (Å²) in [6.07, 6.45) is 0. The standard InChI is InChI=1S/C17H9Cl2FN2OS/c1-8-4-14(11-7-10(20)2-3-13(11)21-8)23-17-22-16-12(19)5-9(18)6-15(16)24-17/h2-7H,1H3. The van der Waals surface area contributed by atoms with Crippen LogP contribution in [0.3, 0.4) is 0 Å². The Bertz CT molecular complexity index is 1100. The molecule has 0 aliphatic heterocycles. The summed E-state index contributed by atoms with van der Waals surface area (Å²) in [4.78, 5) is 8.78. The van der Waals surface area contributed by atoms with Crippen LogP contribution in [0.4, 0.5) is 4.39 Å². The highest BCUT2D eigenvalue weighted by Gasteiger charge is 2.13. The van der Waals surface area contributed by atoms with Crippen LogP contribution in [-0.2, 0) is 0 Å². The smallest absolute Gasteiger partial charge is 0.279 e. The number of rotatable bonds is 2. The number of hydrogen-bond acceptors (Lipinski definition) is 4. The zero-order chi connectivity index (χ0) is 16.8. The Hall–Kier alpha value is -1.95. The molecule has 3 nitrogen and oxygen atoms in total. The van der Waals surface area contributed by atoms with E-state index in [2.05, 4.69) is 9.97 Å². The maximum atomic E-state index is 13.6. The molecule has 7 heteroatoms. The lowest BCUT2D eigenvalue weighted by Gasteiger charge is -2.07. The molecule has 2 aromatic carbocycles. The summed E-state index contributed by atoms with van der Waals surface area (Å²) in [6.45, 7) is 1.85. The summed E-state index contributed by atoms with van der Waals surface area (Å²) in [5.74, 6) is 0.149. The Balaban J connectivity index is 1.84. The summed E-state index contributed by atoms with van der Waals surface area (Å²) in [5, 5.41) is 2.00. The van der Waals surface area contributed by atoms with E-state index in [1.807, 2.05) is 6.92 Å². The van der Waals surface area contributed by atoms with E-state index in [4.69, 9.17) is 27.9 Å². The van der Waals surface area contributed by atoms with Crippen molar-refractivity contribution in [3.8, 4) is 10.9 Å². The van der Waals surface area contributed by atoms with Gasteiger partial charge in [0.25, 0.3) is 5.19 Å². The fourth-order valence-electron chi connectivity index (χ4n) is 2.45. The van der Waals surface area contributed by atoms with Gasteiger partial charge in [-0.25, -0.2) is 9.37 Å². The number of thiazole rings is 1. The highest BCUT2D eigenvalue weighted by molar-refractivity contribution is 7.20. The van der Waals surface area contributed by atoms with E-state index >= 15 is 0 Å². The molecular weight excluding hydrogens is 370 g/mol. The number of nitrogens with zero attached hydrogens (tertiary/aromatic N) is 2. The number of pyridine rings is 1. The predicted molar refractivity (Wildman–Crippen MR) is 96.2 cm³/mol. The van der Waals surface area contributed by atoms with Gasteiger partial charge in [-0.3, -0.25) is 4.98 Å². The number of fused-ring (bicyclic) bond motifs is 2. The first-order valence-corrected chi connectivity index (χ1v) is 8.57. The summed E-state index contributed by atoms with van der Waals surface area (Å²) in [6, 6.07) is 9.56. The summed E-state index contributed by atoms with van der Waals surface area (Å²) in [5.41, 5.74) is 2.06. The molecule has 4 aromatic rings. The van der Waals surface area contributed by atoms with Crippen LogP contribution in [0.5, 0.6) is 10.9 Å². The second-order valence-corrected chi connectivity index (χ2v) is 7.08. The third-order valence-corrected chi connectivity index (χ3v) is 4.84. The first kappa shape index (κ1) is 15.6. The molecule has 0 unspecified atom stereocenters. The van der Waals surface area contributed by atoms with E-state index in [1.54, 1.807) is 24.3 Å². The molecule has 0 aliphatic carbocycles. The van der Waals surface area contributed by atoms with Crippen LogP contribution in [0.1, 0.15) is 5.69 Å². The maximum Gasteiger partial charge on any atom is 0.279 e. The molecule has 2 aromatic heterocycles. The van der Waals surface area contributed by atoms with Crippen LogP contribution >= 0.6 is 34.5 Å². The van der Waals surface area contributed by atoms with Crippen molar-refractivity contribution in [3.05, 3.63) is 58.0 Å². The minimum atomic E-state index is -0.350. The van der Waals surface area contributed by atoms with Crippen molar-refractivity contribution in [2.75, 3.05) is 0 Å². The van der Waals surface area contributed by atoms with Crippen molar-refractivity contribution in [2.24, 2.45) is 0 Å². The van der Waals surface area contributed by atoms with E-state index in [0.29, 0.717) is 37.4 Å². The second-order valence-electron chi connectivity index (χ2n) is 5.24. The Kier molecular flexibility index (Phi) is 3.79. The molecule has 0 N–H and O–H groups in total. The number of ether oxygens (including phenoxy) is 1. The molecule has 2 heterocycles. The topological polar surface area (TPSA) is 35.0 Å². The van der Waals surface area contributed by atoms with E-state index in [-0.39, 0.29) is 5.82 Å². The lowest BCUT2D eigenvalue weighted by Crippen LogP contribution is -1.91. The Labute approximate surface area is 150 Å². The molecule has 0 bridgehead atoms. The number of halogens is 3. The number of aromatic nitrogens is 2. The fourth-order valence-corrected chi connectivity index (χ4v) is 4.00. The summed E-state index contributed by atoms with van der Waals surface area (Å²) >= 11 is 13.5. The van der Waals surface area contributed by atoms with Crippen LogP contribution < -0.4 is 4.74 Å². The molecule has 0 saturated heterocycles. The fraction of sp³-hybridized carbons (Fsp3) is 0.0588. The SMILES string of the molecule is Cc1cc(Oc2nc3c(Cl)cc(Cl)cc3s2)c2cc(F)ccc2n1. The monoisotopic (exact) mass is 378 g/mol. The number of aryl methyl sites for hydroxylation is 1. The highest BCUT2D eigenvalue weighted by Crippen LogP contribution is 2.38. The maximum absolute atomic E-state index is 13.6. The molecule has 0 fully saturated rings. The first-order valence-electron chi connectivity index (χ1n) is 7.00. The zero-order valence-corrected chi connectivity index (χ0v) is 14.6. The normalized spacial score (nSPS) is 11.3. The largest absolute Gasteiger partial charge is 0.430 e. The molecule has 0 saturated carbocycles. The molecule has 24 heavy (non-hydrogen) atoms. The quantitative estimate of drug-likeness (QED) is 0.405. The summed E-state index contributed by atoms with van der Waals surface area (Å²) < 4.78 is 20.3. The minimum absolute atomic E-state index is 0.350. The van der Waals surface area contributed by atoms with Crippen molar-refractivity contribution in [1.82, 2.24) is 9.97 Å². The molecule has 120 valence electrons. The molecule has 0 aliphatic rings. The van der Waals surface area contributed by atoms with Crippen molar-refractivity contribution in [2.45, 2.75) is 6.92 Å². The van der Waals surface area contributed by atoms with Crippen LogP contribution in [0.25, 0.3) is 21.1 Å². The van der Waals surface area contributed by atoms with Gasteiger partial charge in [-0.15, -0.1) is 0 Å². The molecular formula is C17H9Cl2FN2OS. The molecule has 0 amide bonds. The third-order valence-electron chi connectivity index (χ3n) is 3.45. The lowest BCUT2D eigenvalue weighted by atomic mass is 10.2. The van der Waals surface area contributed by atoms with E-state index in [9.17, 15) is 4.39 Å². The average Bonchev–Trinajstić information content (AvgIpc) is 2.90. The highest BCUT2D eigenvalue weighted by atomic mass is 35.5. The van der Waals surface area contributed by atoms with E-state index < -0.39 is 0 Å². The predicted octanol–water partition coefficient (Wildman–Crippen LogP) is 6.39. The lowest BCUT2D eigenvalue weighted by molar-refractivity contribution is 0.484. The molecule has 0 atom stereocenters. The van der Waals surface area contributed by atoms with Crippen LogP contribution in [0.2, 0.25) is 10.0 Å². The van der Waals surface area contributed by atoms with Gasteiger partial charge >= 0.3 is 0 Å². The number of hydrogen-bond donors (Lipinski definition) is 0. The van der Waals surface area contributed by atoms with Crippen LogP contribution in [-0.4, -0.2) is 9.97 Å². The van der Waals surface area contributed by atoms with Gasteiger partial charge in [0, 0.05) is 22.2 Å². The van der Waals surface area contributed by atoms with Crippen molar-refractivity contribution >= 4 is 55.7 Å². The van der Waals surface area contributed by atoms with Gasteiger partial charge in [0.2, 0.25) is 0 Å². The van der Waals surface area contributed by atoms with Crippen LogP contribution in [0.15, 0.2) is 36.4 Å². The third kappa shape index (κ3) is 2.79. The molecule has 0 radical (unpaired) electrons. The van der Waals surface area contributed by atoms with Crippen molar-refractivity contribution in [3.63, 3.8) is 0 Å². The Morgan fingerprint density at radius 3 is 2.75 bits per heavy atom. The molecule has 0 spiro atoms. The van der Waals surface area contributed by atoms with Gasteiger partial charge < -0.3 is 4.74 Å². The Morgan fingerprint density at radius 2 is 1.92 bits per heavy atom.